The van der Waals surface area contributed by atoms with Crippen molar-refractivity contribution in [3.63, 3.8) is 0 Å². The maximum absolute atomic E-state index is 5.55. The van der Waals surface area contributed by atoms with Gasteiger partial charge in [-0.25, -0.2) is 0 Å². The summed E-state index contributed by atoms with van der Waals surface area (Å²) in [5, 5.41) is 0. The third kappa shape index (κ3) is 3.56. The van der Waals surface area contributed by atoms with E-state index in [2.05, 4.69) is 39.8 Å². The van der Waals surface area contributed by atoms with Crippen LogP contribution >= 0.6 is 11.3 Å². The first-order valence-corrected chi connectivity index (χ1v) is 7.65. The van der Waals surface area contributed by atoms with Crippen LogP contribution in [-0.2, 0) is 11.2 Å². The second-order valence-electron chi connectivity index (χ2n) is 5.62. The van der Waals surface area contributed by atoms with Gasteiger partial charge in [0, 0.05) is 9.75 Å². The summed E-state index contributed by atoms with van der Waals surface area (Å²) in [6, 6.07) is 4.66. The zero-order chi connectivity index (χ0) is 12.4. The highest BCUT2D eigenvalue weighted by atomic mass is 32.1. The van der Waals surface area contributed by atoms with E-state index in [1.807, 2.05) is 11.3 Å². The summed E-state index contributed by atoms with van der Waals surface area (Å²) in [4.78, 5) is 3.10. The van der Waals surface area contributed by atoms with Gasteiger partial charge in [0.1, 0.15) is 0 Å². The monoisotopic (exact) mass is 252 g/mol. The van der Waals surface area contributed by atoms with Crippen molar-refractivity contribution in [1.82, 2.24) is 0 Å². The molecule has 2 heteroatoms. The molecule has 0 amide bonds. The largest absolute Gasteiger partial charge is 0.370 e. The van der Waals surface area contributed by atoms with E-state index in [-0.39, 0.29) is 0 Å². The molecule has 0 aromatic carbocycles. The van der Waals surface area contributed by atoms with Crippen molar-refractivity contribution in [1.29, 1.82) is 0 Å². The van der Waals surface area contributed by atoms with Gasteiger partial charge in [0.05, 0.1) is 12.2 Å². The first-order valence-electron chi connectivity index (χ1n) is 6.84. The second kappa shape index (κ2) is 5.53. The third-order valence-corrected chi connectivity index (χ3v) is 4.81. The molecule has 0 spiro atoms. The van der Waals surface area contributed by atoms with Gasteiger partial charge in [0.25, 0.3) is 0 Å². The van der Waals surface area contributed by atoms with Crippen LogP contribution in [0.2, 0.25) is 0 Å². The van der Waals surface area contributed by atoms with Crippen molar-refractivity contribution in [2.24, 2.45) is 5.92 Å². The van der Waals surface area contributed by atoms with Crippen LogP contribution in [0.15, 0.2) is 12.1 Å². The van der Waals surface area contributed by atoms with Gasteiger partial charge in [-0.2, -0.15) is 0 Å². The molecule has 0 N–H and O–H groups in total. The molecule has 1 aliphatic rings. The van der Waals surface area contributed by atoms with Gasteiger partial charge in [0.2, 0.25) is 0 Å². The summed E-state index contributed by atoms with van der Waals surface area (Å²) >= 11 is 2.01. The molecule has 96 valence electrons. The molecule has 0 bridgehead atoms. The zero-order valence-corrected chi connectivity index (χ0v) is 12.2. The number of epoxide rings is 1. The van der Waals surface area contributed by atoms with Gasteiger partial charge >= 0.3 is 0 Å². The van der Waals surface area contributed by atoms with Crippen molar-refractivity contribution in [3.05, 3.63) is 21.9 Å². The molecule has 0 aliphatic carbocycles. The second-order valence-corrected chi connectivity index (χ2v) is 6.82. The van der Waals surface area contributed by atoms with E-state index in [1.165, 1.54) is 19.3 Å². The van der Waals surface area contributed by atoms with Gasteiger partial charge < -0.3 is 4.74 Å². The Hall–Kier alpha value is -0.340. The molecule has 3 atom stereocenters. The molecular weight excluding hydrogens is 228 g/mol. The SMILES string of the molecule is CCC(CC1OC1C)c1ccc(CC(C)C)s1. The highest BCUT2D eigenvalue weighted by Gasteiger charge is 2.36. The smallest absolute Gasteiger partial charge is 0.0845 e. The Morgan fingerprint density at radius 1 is 1.35 bits per heavy atom. The lowest BCUT2D eigenvalue weighted by Gasteiger charge is -2.11. The van der Waals surface area contributed by atoms with Crippen LogP contribution in [0, 0.1) is 5.92 Å². The Bertz CT molecular complexity index is 356. The number of hydrogen-bond donors (Lipinski definition) is 0. The fraction of sp³-hybridized carbons (Fsp3) is 0.733. The lowest BCUT2D eigenvalue weighted by molar-refractivity contribution is 0.358. The molecule has 1 aromatic heterocycles. The van der Waals surface area contributed by atoms with Crippen LogP contribution in [0.4, 0.5) is 0 Å². The van der Waals surface area contributed by atoms with Crippen LogP contribution in [0.25, 0.3) is 0 Å². The van der Waals surface area contributed by atoms with Crippen molar-refractivity contribution in [2.75, 3.05) is 0 Å². The van der Waals surface area contributed by atoms with Gasteiger partial charge in [-0.3, -0.25) is 0 Å². The maximum Gasteiger partial charge on any atom is 0.0845 e. The minimum absolute atomic E-state index is 0.499. The molecule has 1 fully saturated rings. The number of thiophene rings is 1. The van der Waals surface area contributed by atoms with Gasteiger partial charge in [-0.15, -0.1) is 11.3 Å². The lowest BCUT2D eigenvalue weighted by Crippen LogP contribution is -2.01. The first kappa shape index (κ1) is 13.1. The summed E-state index contributed by atoms with van der Waals surface area (Å²) in [6.07, 6.45) is 4.68. The number of ether oxygens (including phenoxy) is 1. The number of rotatable bonds is 6. The van der Waals surface area contributed by atoms with E-state index in [0.717, 1.165) is 5.92 Å². The molecule has 1 aromatic rings. The molecule has 1 saturated heterocycles. The molecular formula is C15H24OS. The fourth-order valence-electron chi connectivity index (χ4n) is 2.37. The van der Waals surface area contributed by atoms with Crippen molar-refractivity contribution < 1.29 is 4.74 Å². The van der Waals surface area contributed by atoms with Crippen LogP contribution < -0.4 is 0 Å². The van der Waals surface area contributed by atoms with Crippen LogP contribution in [0.1, 0.15) is 56.2 Å². The summed E-state index contributed by atoms with van der Waals surface area (Å²) in [5.41, 5.74) is 0. The summed E-state index contributed by atoms with van der Waals surface area (Å²) in [6.45, 7) is 9.04. The fourth-order valence-corrected chi connectivity index (χ4v) is 3.79. The predicted octanol–water partition coefficient (Wildman–Crippen LogP) is 4.62. The minimum Gasteiger partial charge on any atom is -0.370 e. The van der Waals surface area contributed by atoms with Gasteiger partial charge in [0.15, 0.2) is 0 Å². The Morgan fingerprint density at radius 2 is 2.06 bits per heavy atom. The average Bonchev–Trinajstić information content (AvgIpc) is 2.75. The summed E-state index contributed by atoms with van der Waals surface area (Å²) in [7, 11) is 0. The molecule has 0 radical (unpaired) electrons. The molecule has 1 nitrogen and oxygen atoms in total. The minimum atomic E-state index is 0.499. The molecule has 17 heavy (non-hydrogen) atoms. The van der Waals surface area contributed by atoms with Crippen LogP contribution in [0.3, 0.4) is 0 Å². The molecule has 2 rings (SSSR count). The first-order chi connectivity index (χ1) is 8.10. The zero-order valence-electron chi connectivity index (χ0n) is 11.4. The van der Waals surface area contributed by atoms with Crippen molar-refractivity contribution >= 4 is 11.3 Å². The van der Waals surface area contributed by atoms with E-state index in [9.17, 15) is 0 Å². The highest BCUT2D eigenvalue weighted by molar-refractivity contribution is 7.12. The van der Waals surface area contributed by atoms with Crippen molar-refractivity contribution in [3.8, 4) is 0 Å². The van der Waals surface area contributed by atoms with Crippen LogP contribution in [-0.4, -0.2) is 12.2 Å². The normalized spacial score (nSPS) is 25.2. The third-order valence-electron chi connectivity index (χ3n) is 3.54. The average molecular weight is 252 g/mol. The van der Waals surface area contributed by atoms with E-state index in [4.69, 9.17) is 4.74 Å². The Kier molecular flexibility index (Phi) is 4.26. The Balaban J connectivity index is 1.96. The highest BCUT2D eigenvalue weighted by Crippen LogP contribution is 2.37. The Labute approximate surface area is 109 Å². The topological polar surface area (TPSA) is 12.5 Å². The quantitative estimate of drug-likeness (QED) is 0.673. The summed E-state index contributed by atoms with van der Waals surface area (Å²) < 4.78 is 5.55. The molecule has 3 unspecified atom stereocenters. The molecule has 0 saturated carbocycles. The van der Waals surface area contributed by atoms with E-state index in [1.54, 1.807) is 9.75 Å². The van der Waals surface area contributed by atoms with Gasteiger partial charge in [-0.1, -0.05) is 20.8 Å². The Morgan fingerprint density at radius 3 is 2.59 bits per heavy atom. The summed E-state index contributed by atoms with van der Waals surface area (Å²) in [5.74, 6) is 1.46. The van der Waals surface area contributed by atoms with Crippen molar-refractivity contribution in [2.45, 2.75) is 65.1 Å². The van der Waals surface area contributed by atoms with E-state index < -0.39 is 0 Å². The lowest BCUT2D eigenvalue weighted by atomic mass is 9.97. The molecule has 2 heterocycles. The predicted molar refractivity (Wildman–Crippen MR) is 74.8 cm³/mol. The molecule has 1 aliphatic heterocycles. The van der Waals surface area contributed by atoms with E-state index in [0.29, 0.717) is 18.1 Å². The standard InChI is InChI=1S/C15H24OS/c1-5-12(9-14-11(4)16-14)15-7-6-13(17-15)8-10(2)3/h6-7,10-12,14H,5,8-9H2,1-4H3. The van der Waals surface area contributed by atoms with Gasteiger partial charge in [-0.05, 0) is 50.2 Å². The van der Waals surface area contributed by atoms with E-state index >= 15 is 0 Å². The number of hydrogen-bond acceptors (Lipinski definition) is 2. The maximum atomic E-state index is 5.55. The van der Waals surface area contributed by atoms with Crippen LogP contribution in [0.5, 0.6) is 0 Å².